The van der Waals surface area contributed by atoms with Gasteiger partial charge in [-0.15, -0.1) is 0 Å². The number of carbonyl (C=O) groups is 1. The number of rotatable bonds is 4. The number of sulfonamides is 1. The third-order valence-electron chi connectivity index (χ3n) is 4.32. The van der Waals surface area contributed by atoms with Crippen LogP contribution in [0.15, 0.2) is 23.1 Å². The van der Waals surface area contributed by atoms with Crippen LogP contribution in [-0.2, 0) is 14.8 Å². The zero-order valence-corrected chi connectivity index (χ0v) is 13.4. The van der Waals surface area contributed by atoms with Crippen molar-refractivity contribution < 1.29 is 18.3 Å². The van der Waals surface area contributed by atoms with Crippen LogP contribution in [0.5, 0.6) is 0 Å². The highest BCUT2D eigenvalue weighted by molar-refractivity contribution is 7.89. The number of carboxylic acids is 1. The summed E-state index contributed by atoms with van der Waals surface area (Å²) in [5, 5.41) is 9.56. The first-order chi connectivity index (χ1) is 9.75. The molecule has 1 fully saturated rings. The van der Waals surface area contributed by atoms with Gasteiger partial charge in [0.1, 0.15) is 5.54 Å². The predicted octanol–water partition coefficient (Wildman–Crippen LogP) is 2.32. The molecule has 1 N–H and O–H groups in total. The summed E-state index contributed by atoms with van der Waals surface area (Å²) < 4.78 is 27.1. The highest BCUT2D eigenvalue weighted by Crippen LogP contribution is 2.38. The van der Waals surface area contributed by atoms with Gasteiger partial charge in [-0.3, -0.25) is 4.79 Å². The van der Waals surface area contributed by atoms with Gasteiger partial charge in [-0.25, -0.2) is 8.42 Å². The summed E-state index contributed by atoms with van der Waals surface area (Å²) in [5.74, 6) is -1.06. The SMILES string of the molecule is CCC1(C(=O)O)CCCN1S(=O)(=O)c1cc(C)ccc1C. The van der Waals surface area contributed by atoms with Gasteiger partial charge in [-0.1, -0.05) is 19.1 Å². The molecule has 0 aliphatic carbocycles. The maximum Gasteiger partial charge on any atom is 0.325 e. The molecule has 21 heavy (non-hydrogen) atoms. The van der Waals surface area contributed by atoms with Gasteiger partial charge in [-0.2, -0.15) is 4.31 Å². The molecule has 1 saturated heterocycles. The van der Waals surface area contributed by atoms with Gasteiger partial charge in [0.05, 0.1) is 4.90 Å². The number of benzene rings is 1. The van der Waals surface area contributed by atoms with Crippen LogP contribution in [0.3, 0.4) is 0 Å². The predicted molar refractivity (Wildman–Crippen MR) is 79.7 cm³/mol. The van der Waals surface area contributed by atoms with Crippen LogP contribution in [0.4, 0.5) is 0 Å². The molecule has 1 aliphatic rings. The molecule has 1 atom stereocenters. The van der Waals surface area contributed by atoms with Crippen molar-refractivity contribution in [2.45, 2.75) is 50.5 Å². The maximum atomic E-state index is 12.9. The third kappa shape index (κ3) is 2.46. The van der Waals surface area contributed by atoms with E-state index >= 15 is 0 Å². The number of aryl methyl sites for hydroxylation is 2. The van der Waals surface area contributed by atoms with Gasteiger partial charge in [-0.05, 0) is 50.3 Å². The molecule has 6 heteroatoms. The van der Waals surface area contributed by atoms with Crippen LogP contribution >= 0.6 is 0 Å². The molecule has 2 rings (SSSR count). The Labute approximate surface area is 125 Å². The van der Waals surface area contributed by atoms with Gasteiger partial charge in [0.15, 0.2) is 0 Å². The van der Waals surface area contributed by atoms with Crippen molar-refractivity contribution in [3.05, 3.63) is 29.3 Å². The second-order valence-corrected chi connectivity index (χ2v) is 7.47. The van der Waals surface area contributed by atoms with Crippen molar-refractivity contribution in [3.8, 4) is 0 Å². The molecule has 0 amide bonds. The van der Waals surface area contributed by atoms with Crippen molar-refractivity contribution >= 4 is 16.0 Å². The number of hydrogen-bond donors (Lipinski definition) is 1. The summed E-state index contributed by atoms with van der Waals surface area (Å²) in [6.07, 6.45) is 1.21. The highest BCUT2D eigenvalue weighted by atomic mass is 32.2. The second-order valence-electron chi connectivity index (χ2n) is 5.64. The fourth-order valence-corrected chi connectivity index (χ4v) is 5.20. The minimum Gasteiger partial charge on any atom is -0.480 e. The molecule has 1 aromatic rings. The Morgan fingerprint density at radius 2 is 2.05 bits per heavy atom. The molecular weight excluding hydrogens is 290 g/mol. The number of carboxylic acid groups (broad SMARTS) is 1. The minimum absolute atomic E-state index is 0.212. The molecule has 5 nitrogen and oxygen atoms in total. The van der Waals surface area contributed by atoms with Crippen molar-refractivity contribution in [1.82, 2.24) is 4.31 Å². The lowest BCUT2D eigenvalue weighted by molar-refractivity contribution is -0.147. The lowest BCUT2D eigenvalue weighted by Crippen LogP contribution is -2.52. The Hall–Kier alpha value is -1.40. The topological polar surface area (TPSA) is 74.7 Å². The van der Waals surface area contributed by atoms with Crippen LogP contribution in [0.25, 0.3) is 0 Å². The largest absolute Gasteiger partial charge is 0.480 e. The first-order valence-electron chi connectivity index (χ1n) is 7.09. The van der Waals surface area contributed by atoms with Gasteiger partial charge in [0.2, 0.25) is 10.0 Å². The molecule has 1 aliphatic heterocycles. The lowest BCUT2D eigenvalue weighted by atomic mass is 9.95. The average Bonchev–Trinajstić information content (AvgIpc) is 2.87. The van der Waals surface area contributed by atoms with Crippen molar-refractivity contribution in [2.75, 3.05) is 6.54 Å². The van der Waals surface area contributed by atoms with E-state index in [1.807, 2.05) is 13.0 Å². The van der Waals surface area contributed by atoms with Crippen molar-refractivity contribution in [2.24, 2.45) is 0 Å². The first kappa shape index (κ1) is 16.0. The molecular formula is C15H21NO4S. The Balaban J connectivity index is 2.58. The molecule has 1 unspecified atom stereocenters. The zero-order chi connectivity index (χ0) is 15.8. The summed E-state index contributed by atoms with van der Waals surface area (Å²) in [7, 11) is -3.80. The Morgan fingerprint density at radius 3 is 2.62 bits per heavy atom. The van der Waals surface area contributed by atoms with Crippen molar-refractivity contribution in [1.29, 1.82) is 0 Å². The quantitative estimate of drug-likeness (QED) is 0.926. The Bertz CT molecular complexity index is 668. The van der Waals surface area contributed by atoms with E-state index in [1.54, 1.807) is 26.0 Å². The molecule has 0 aromatic heterocycles. The van der Waals surface area contributed by atoms with Crippen LogP contribution in [0.2, 0.25) is 0 Å². The monoisotopic (exact) mass is 311 g/mol. The molecule has 116 valence electrons. The Kier molecular flexibility index (Phi) is 4.13. The Morgan fingerprint density at radius 1 is 1.38 bits per heavy atom. The molecule has 0 radical (unpaired) electrons. The molecule has 0 bridgehead atoms. The third-order valence-corrected chi connectivity index (χ3v) is 6.43. The molecule has 1 aromatic carbocycles. The summed E-state index contributed by atoms with van der Waals surface area (Å²) in [6, 6.07) is 5.22. The van der Waals surface area contributed by atoms with E-state index in [-0.39, 0.29) is 17.9 Å². The molecule has 1 heterocycles. The van der Waals surface area contributed by atoms with Gasteiger partial charge in [0, 0.05) is 6.54 Å². The summed E-state index contributed by atoms with van der Waals surface area (Å²) in [5.41, 5.74) is 0.174. The number of nitrogens with zero attached hydrogens (tertiary/aromatic N) is 1. The summed E-state index contributed by atoms with van der Waals surface area (Å²) in [6.45, 7) is 5.55. The van der Waals surface area contributed by atoms with E-state index in [2.05, 4.69) is 0 Å². The van der Waals surface area contributed by atoms with Gasteiger partial charge < -0.3 is 5.11 Å². The van der Waals surface area contributed by atoms with Crippen LogP contribution in [0.1, 0.15) is 37.3 Å². The normalized spacial score (nSPS) is 23.4. The molecule has 0 spiro atoms. The van der Waals surface area contributed by atoms with E-state index in [4.69, 9.17) is 0 Å². The fourth-order valence-electron chi connectivity index (χ4n) is 3.03. The fraction of sp³-hybridized carbons (Fsp3) is 0.533. The van der Waals surface area contributed by atoms with E-state index in [1.165, 1.54) is 4.31 Å². The smallest absolute Gasteiger partial charge is 0.325 e. The molecule has 0 saturated carbocycles. The number of aliphatic carboxylic acids is 1. The van der Waals surface area contributed by atoms with E-state index in [9.17, 15) is 18.3 Å². The summed E-state index contributed by atoms with van der Waals surface area (Å²) in [4.78, 5) is 11.9. The second kappa shape index (κ2) is 5.42. The van der Waals surface area contributed by atoms with Crippen molar-refractivity contribution in [3.63, 3.8) is 0 Å². The standard InChI is InChI=1S/C15H21NO4S/c1-4-15(14(17)18)8-5-9-16(15)21(19,20)13-10-11(2)6-7-12(13)3/h6-7,10H,4-5,8-9H2,1-3H3,(H,17,18). The van der Waals surface area contributed by atoms with Gasteiger partial charge >= 0.3 is 5.97 Å². The zero-order valence-electron chi connectivity index (χ0n) is 12.6. The highest BCUT2D eigenvalue weighted by Gasteiger charge is 2.52. The van der Waals surface area contributed by atoms with E-state index in [0.29, 0.717) is 18.4 Å². The summed E-state index contributed by atoms with van der Waals surface area (Å²) >= 11 is 0. The van der Waals surface area contributed by atoms with Gasteiger partial charge in [0.25, 0.3) is 0 Å². The van der Waals surface area contributed by atoms with Crippen LogP contribution in [0, 0.1) is 13.8 Å². The van der Waals surface area contributed by atoms with E-state index < -0.39 is 21.5 Å². The number of hydrogen-bond acceptors (Lipinski definition) is 3. The van der Waals surface area contributed by atoms with E-state index in [0.717, 1.165) is 5.56 Å². The average molecular weight is 311 g/mol. The minimum atomic E-state index is -3.80. The lowest BCUT2D eigenvalue weighted by Gasteiger charge is -2.33. The maximum absolute atomic E-state index is 12.9. The van der Waals surface area contributed by atoms with Crippen LogP contribution < -0.4 is 0 Å². The first-order valence-corrected chi connectivity index (χ1v) is 8.53. The van der Waals surface area contributed by atoms with Crippen LogP contribution in [-0.4, -0.2) is 35.9 Å².